The number of aromatic carboxylic acids is 1. The summed E-state index contributed by atoms with van der Waals surface area (Å²) in [5, 5.41) is 13.6. The minimum atomic E-state index is -4.57. The summed E-state index contributed by atoms with van der Waals surface area (Å²) in [6.45, 7) is 6.45. The minimum Gasteiger partial charge on any atom is -0.491 e. The number of carbonyl (C=O) groups is 1. The van der Waals surface area contributed by atoms with E-state index in [1.807, 2.05) is 6.07 Å². The van der Waals surface area contributed by atoms with Crippen LogP contribution in [0.25, 0.3) is 32.2 Å². The quantitative estimate of drug-likeness (QED) is 0.185. The van der Waals surface area contributed by atoms with Crippen LogP contribution in [0.4, 0.5) is 13.2 Å². The fraction of sp³-hybridized carbons (Fsp3) is 0.333. The van der Waals surface area contributed by atoms with E-state index in [0.717, 1.165) is 6.07 Å². The lowest BCUT2D eigenvalue weighted by Gasteiger charge is -2.26. The second-order valence-corrected chi connectivity index (χ2v) is 13.1. The van der Waals surface area contributed by atoms with E-state index in [-0.39, 0.29) is 46.9 Å². The van der Waals surface area contributed by atoms with Crippen LogP contribution >= 0.6 is 22.9 Å². The molecule has 3 aromatic heterocycles. The topological polar surface area (TPSA) is 106 Å². The molecule has 1 fully saturated rings. The fourth-order valence-corrected chi connectivity index (χ4v) is 7.51. The molecule has 5 aromatic rings. The molecule has 4 heterocycles. The number of hydrogen-bond acceptors (Lipinski definition) is 7. The van der Waals surface area contributed by atoms with Crippen molar-refractivity contribution in [2.45, 2.75) is 52.3 Å². The van der Waals surface area contributed by atoms with Crippen molar-refractivity contribution in [1.29, 1.82) is 0 Å². The maximum absolute atomic E-state index is 14.1. The first-order valence-corrected chi connectivity index (χ1v) is 15.9. The number of fused-ring (bicyclic) bond motifs is 2. The lowest BCUT2D eigenvalue weighted by Crippen LogP contribution is -2.29. The van der Waals surface area contributed by atoms with Crippen molar-refractivity contribution in [3.63, 3.8) is 0 Å². The Morgan fingerprint density at radius 1 is 1.11 bits per heavy atom. The second-order valence-electron chi connectivity index (χ2n) is 11.4. The predicted octanol–water partition coefficient (Wildman–Crippen LogP) is 7.51. The van der Waals surface area contributed by atoms with E-state index in [0.29, 0.717) is 68.6 Å². The predicted molar refractivity (Wildman–Crippen MR) is 173 cm³/mol. The van der Waals surface area contributed by atoms with Crippen LogP contribution in [-0.4, -0.2) is 45.3 Å². The number of aromatic nitrogens is 3. The number of alkyl halides is 3. The van der Waals surface area contributed by atoms with E-state index < -0.39 is 23.3 Å². The number of carboxylic acids is 1. The Labute approximate surface area is 270 Å². The Morgan fingerprint density at radius 2 is 1.85 bits per heavy atom. The molecule has 0 bridgehead atoms. The van der Waals surface area contributed by atoms with E-state index in [2.05, 4.69) is 15.3 Å². The van der Waals surface area contributed by atoms with Crippen LogP contribution in [0.1, 0.15) is 56.6 Å². The smallest absolute Gasteiger partial charge is 0.416 e. The Kier molecular flexibility index (Phi) is 8.55. The number of piperidine rings is 1. The van der Waals surface area contributed by atoms with Crippen molar-refractivity contribution in [1.82, 2.24) is 19.9 Å². The molecule has 0 radical (unpaired) electrons. The summed E-state index contributed by atoms with van der Waals surface area (Å²) in [6, 6.07) is 9.33. The molecule has 8 nitrogen and oxygen atoms in total. The van der Waals surface area contributed by atoms with Crippen LogP contribution in [-0.2, 0) is 12.7 Å². The summed E-state index contributed by atoms with van der Waals surface area (Å²) in [5.41, 5.74) is 1.47. The Balaban J connectivity index is 1.35. The van der Waals surface area contributed by atoms with E-state index in [1.165, 1.54) is 22.0 Å². The normalized spacial score (nSPS) is 14.3. The van der Waals surface area contributed by atoms with Gasteiger partial charge in [0.2, 0.25) is 0 Å². The summed E-state index contributed by atoms with van der Waals surface area (Å²) in [4.78, 5) is 35.2. The van der Waals surface area contributed by atoms with Crippen LogP contribution in [0.2, 0.25) is 5.02 Å². The molecule has 240 valence electrons. The minimum absolute atomic E-state index is 0.00807. The van der Waals surface area contributed by atoms with Crippen LogP contribution < -0.4 is 15.6 Å². The van der Waals surface area contributed by atoms with Crippen molar-refractivity contribution in [2.24, 2.45) is 0 Å². The molecule has 2 N–H and O–H groups in total. The molecule has 0 aliphatic carbocycles. The van der Waals surface area contributed by atoms with Crippen molar-refractivity contribution in [3.8, 4) is 16.9 Å². The molecule has 0 amide bonds. The lowest BCUT2D eigenvalue weighted by atomic mass is 9.86. The zero-order valence-electron chi connectivity index (χ0n) is 25.2. The largest absolute Gasteiger partial charge is 0.491 e. The summed E-state index contributed by atoms with van der Waals surface area (Å²) in [6.07, 6.45) is -3.48. The number of benzene rings is 2. The third kappa shape index (κ3) is 5.96. The van der Waals surface area contributed by atoms with E-state index in [4.69, 9.17) is 16.3 Å². The van der Waals surface area contributed by atoms with Crippen molar-refractivity contribution in [2.75, 3.05) is 19.7 Å². The van der Waals surface area contributed by atoms with Crippen molar-refractivity contribution < 1.29 is 27.8 Å². The van der Waals surface area contributed by atoms with Gasteiger partial charge in [-0.3, -0.25) is 14.3 Å². The molecule has 46 heavy (non-hydrogen) atoms. The molecule has 0 saturated carbocycles. The standard InChI is InChI=1S/C33H30ClF3N4O4S/c1-16-12-23(30-29(39-16)28(32(43)44)17(2)46-30)22-13-20(34)4-5-27(22)45-11-10-41-18(3)40-26-15-25(33(35,36)37)21(14-24(26)31(41)42)19-6-8-38-9-7-19/h4-5,12-15,19,38H,6-11H2,1-3H3,(H,43,44). The maximum atomic E-state index is 14.1. The van der Waals surface area contributed by atoms with E-state index in [9.17, 15) is 27.9 Å². The number of ether oxygens (including phenoxy) is 1. The van der Waals surface area contributed by atoms with Crippen molar-refractivity contribution >= 4 is 50.0 Å². The number of pyridine rings is 1. The van der Waals surface area contributed by atoms with Gasteiger partial charge in [-0.15, -0.1) is 11.3 Å². The van der Waals surface area contributed by atoms with Gasteiger partial charge in [-0.25, -0.2) is 9.78 Å². The number of hydrogen-bond donors (Lipinski definition) is 2. The number of carboxylic acid groups (broad SMARTS) is 1. The molecule has 13 heteroatoms. The first-order chi connectivity index (χ1) is 21.8. The van der Waals surface area contributed by atoms with Gasteiger partial charge in [0, 0.05) is 26.7 Å². The van der Waals surface area contributed by atoms with Crippen LogP contribution in [0.5, 0.6) is 5.75 Å². The van der Waals surface area contributed by atoms with E-state index >= 15 is 0 Å². The number of aryl methyl sites for hydroxylation is 3. The average molecular weight is 671 g/mol. The number of nitrogens with one attached hydrogen (secondary N) is 1. The Morgan fingerprint density at radius 3 is 2.54 bits per heavy atom. The van der Waals surface area contributed by atoms with Gasteiger partial charge < -0.3 is 15.2 Å². The Bertz CT molecular complexity index is 2070. The molecule has 6 rings (SSSR count). The van der Waals surface area contributed by atoms with Crippen LogP contribution in [0.3, 0.4) is 0 Å². The number of rotatable bonds is 7. The van der Waals surface area contributed by atoms with Gasteiger partial charge in [0.25, 0.3) is 5.56 Å². The van der Waals surface area contributed by atoms with Crippen LogP contribution in [0.15, 0.2) is 41.2 Å². The fourth-order valence-electron chi connectivity index (χ4n) is 6.22. The highest BCUT2D eigenvalue weighted by molar-refractivity contribution is 7.20. The first-order valence-electron chi connectivity index (χ1n) is 14.7. The third-order valence-electron chi connectivity index (χ3n) is 8.36. The van der Waals surface area contributed by atoms with Gasteiger partial charge in [0.1, 0.15) is 18.2 Å². The number of halogens is 4. The molecule has 0 spiro atoms. The number of nitrogens with zero attached hydrogens (tertiary/aromatic N) is 3. The number of thiophene rings is 1. The highest BCUT2D eigenvalue weighted by Gasteiger charge is 2.36. The molecule has 1 aliphatic heterocycles. The zero-order valence-corrected chi connectivity index (χ0v) is 26.8. The lowest BCUT2D eigenvalue weighted by molar-refractivity contribution is -0.138. The van der Waals surface area contributed by atoms with Crippen LogP contribution in [0, 0.1) is 20.8 Å². The van der Waals surface area contributed by atoms with Gasteiger partial charge in [-0.1, -0.05) is 11.6 Å². The second kappa shape index (κ2) is 12.3. The highest BCUT2D eigenvalue weighted by atomic mass is 35.5. The summed E-state index contributed by atoms with van der Waals surface area (Å²) in [5.74, 6) is -0.647. The SMILES string of the molecule is Cc1cc(-c2cc(Cl)ccc2OCCn2c(C)nc3cc(C(F)(F)F)c(C4CCNCC4)cc3c2=O)c2sc(C)c(C(=O)O)c2n1. The average Bonchev–Trinajstić information content (AvgIpc) is 3.34. The molecule has 0 atom stereocenters. The van der Waals surface area contributed by atoms with Crippen molar-refractivity contribution in [3.05, 3.63) is 84.9 Å². The van der Waals surface area contributed by atoms with Gasteiger partial charge in [0.15, 0.2) is 0 Å². The monoisotopic (exact) mass is 670 g/mol. The Hall–Kier alpha value is -4.00. The summed E-state index contributed by atoms with van der Waals surface area (Å²) in [7, 11) is 0. The maximum Gasteiger partial charge on any atom is 0.416 e. The van der Waals surface area contributed by atoms with E-state index in [1.54, 1.807) is 39.0 Å². The summed E-state index contributed by atoms with van der Waals surface area (Å²) >= 11 is 7.71. The van der Waals surface area contributed by atoms with Gasteiger partial charge >= 0.3 is 12.1 Å². The molecule has 2 aromatic carbocycles. The molecular weight excluding hydrogens is 641 g/mol. The molecule has 0 unspecified atom stereocenters. The van der Waals surface area contributed by atoms with Gasteiger partial charge in [0.05, 0.1) is 38.8 Å². The zero-order chi connectivity index (χ0) is 32.9. The molecule has 1 aliphatic rings. The first kappa shape index (κ1) is 32.0. The highest BCUT2D eigenvalue weighted by Crippen LogP contribution is 2.42. The van der Waals surface area contributed by atoms with Gasteiger partial charge in [-0.05, 0) is 94.6 Å². The third-order valence-corrected chi connectivity index (χ3v) is 9.73. The molecular formula is C33H30ClF3N4O4S. The van der Waals surface area contributed by atoms with Gasteiger partial charge in [-0.2, -0.15) is 13.2 Å². The summed E-state index contributed by atoms with van der Waals surface area (Å²) < 4.78 is 50.6. The molecule has 1 saturated heterocycles.